The van der Waals surface area contributed by atoms with Crippen molar-refractivity contribution in [1.82, 2.24) is 10.4 Å². The largest absolute Gasteiger partial charge is 0.271 e. The Morgan fingerprint density at radius 2 is 2.10 bits per heavy atom. The summed E-state index contributed by atoms with van der Waals surface area (Å²) in [6.07, 6.45) is 2.34. The smallest absolute Gasteiger partial charge is 0.142 e. The lowest BCUT2D eigenvalue weighted by Gasteiger charge is -2.18. The van der Waals surface area contributed by atoms with Crippen molar-refractivity contribution in [2.75, 3.05) is 0 Å². The number of nitrogens with zero attached hydrogens (tertiary/aromatic N) is 1. The highest BCUT2D eigenvalue weighted by Gasteiger charge is 2.15. The van der Waals surface area contributed by atoms with E-state index in [9.17, 15) is 4.39 Å². The van der Waals surface area contributed by atoms with E-state index in [4.69, 9.17) is 17.4 Å². The molecular formula is C15H17ClFN3. The van der Waals surface area contributed by atoms with Crippen molar-refractivity contribution < 1.29 is 4.39 Å². The van der Waals surface area contributed by atoms with Crippen LogP contribution in [-0.4, -0.2) is 4.98 Å². The van der Waals surface area contributed by atoms with Gasteiger partial charge in [0, 0.05) is 6.20 Å². The van der Waals surface area contributed by atoms with Crippen LogP contribution in [-0.2, 0) is 6.42 Å². The molecule has 0 amide bonds. The van der Waals surface area contributed by atoms with Crippen LogP contribution in [0.5, 0.6) is 0 Å². The van der Waals surface area contributed by atoms with E-state index >= 15 is 0 Å². The highest BCUT2D eigenvalue weighted by Crippen LogP contribution is 2.22. The number of hydrazine groups is 1. The highest BCUT2D eigenvalue weighted by atomic mass is 35.5. The third-order valence-electron chi connectivity index (χ3n) is 3.21. The Bertz CT molecular complexity index is 616. The fourth-order valence-electron chi connectivity index (χ4n) is 2.23. The lowest BCUT2D eigenvalue weighted by Crippen LogP contribution is -2.31. The average molecular weight is 294 g/mol. The summed E-state index contributed by atoms with van der Waals surface area (Å²) in [6.45, 7) is 3.98. The molecular weight excluding hydrogens is 277 g/mol. The van der Waals surface area contributed by atoms with E-state index in [2.05, 4.69) is 16.5 Å². The maximum absolute atomic E-state index is 13.5. The summed E-state index contributed by atoms with van der Waals surface area (Å²) >= 11 is 5.68. The van der Waals surface area contributed by atoms with Crippen LogP contribution in [0.2, 0.25) is 5.02 Å². The van der Waals surface area contributed by atoms with E-state index in [1.165, 1.54) is 6.07 Å². The number of aryl methyl sites for hydroxylation is 2. The van der Waals surface area contributed by atoms with Crippen molar-refractivity contribution in [2.45, 2.75) is 26.3 Å². The molecule has 0 saturated carbocycles. The van der Waals surface area contributed by atoms with Crippen molar-refractivity contribution in [3.05, 3.63) is 63.7 Å². The van der Waals surface area contributed by atoms with Crippen molar-refractivity contribution in [3.63, 3.8) is 0 Å². The number of hydrogen-bond acceptors (Lipinski definition) is 3. The molecule has 2 aromatic rings. The molecule has 1 aromatic heterocycles. The quantitative estimate of drug-likeness (QED) is 0.672. The first kappa shape index (κ1) is 14.9. The van der Waals surface area contributed by atoms with Gasteiger partial charge >= 0.3 is 0 Å². The van der Waals surface area contributed by atoms with Gasteiger partial charge in [-0.25, -0.2) is 4.39 Å². The Balaban J connectivity index is 2.26. The Labute approximate surface area is 122 Å². The summed E-state index contributed by atoms with van der Waals surface area (Å²) in [6, 6.07) is 6.65. The number of hydrogen-bond donors (Lipinski definition) is 2. The molecule has 0 radical (unpaired) electrons. The van der Waals surface area contributed by atoms with Crippen molar-refractivity contribution in [2.24, 2.45) is 5.84 Å². The fourth-order valence-corrected chi connectivity index (χ4v) is 2.35. The molecule has 20 heavy (non-hydrogen) atoms. The van der Waals surface area contributed by atoms with Crippen LogP contribution in [0.1, 0.15) is 28.4 Å². The Morgan fingerprint density at radius 3 is 2.70 bits per heavy atom. The van der Waals surface area contributed by atoms with Gasteiger partial charge in [0.25, 0.3) is 0 Å². The van der Waals surface area contributed by atoms with Gasteiger partial charge in [-0.1, -0.05) is 23.7 Å². The SMILES string of the molecule is Cc1cnc(C(Cc2ccc(Cl)c(F)c2)NN)c(C)c1. The number of nitrogens with two attached hydrogens (primary N) is 1. The maximum Gasteiger partial charge on any atom is 0.142 e. The zero-order valence-electron chi connectivity index (χ0n) is 11.5. The van der Waals surface area contributed by atoms with E-state index in [0.29, 0.717) is 6.42 Å². The van der Waals surface area contributed by atoms with E-state index in [1.807, 2.05) is 13.8 Å². The van der Waals surface area contributed by atoms with E-state index < -0.39 is 5.82 Å². The highest BCUT2D eigenvalue weighted by molar-refractivity contribution is 6.30. The molecule has 0 aliphatic heterocycles. The van der Waals surface area contributed by atoms with Crippen LogP contribution >= 0.6 is 11.6 Å². The minimum absolute atomic E-state index is 0.121. The molecule has 1 aromatic carbocycles. The number of aromatic nitrogens is 1. The zero-order valence-corrected chi connectivity index (χ0v) is 12.2. The van der Waals surface area contributed by atoms with E-state index in [1.54, 1.807) is 18.3 Å². The monoisotopic (exact) mass is 293 g/mol. The Morgan fingerprint density at radius 1 is 1.35 bits per heavy atom. The minimum atomic E-state index is -0.423. The van der Waals surface area contributed by atoms with E-state index in [0.717, 1.165) is 22.4 Å². The van der Waals surface area contributed by atoms with Crippen molar-refractivity contribution in [1.29, 1.82) is 0 Å². The molecule has 0 spiro atoms. The number of benzene rings is 1. The summed E-state index contributed by atoms with van der Waals surface area (Å²) in [4.78, 5) is 4.42. The van der Waals surface area contributed by atoms with Gasteiger partial charge < -0.3 is 0 Å². The van der Waals surface area contributed by atoms with Crippen LogP contribution in [0.25, 0.3) is 0 Å². The standard InChI is InChI=1S/C15H17ClFN3/c1-9-5-10(2)15(19-8-9)14(20-18)7-11-3-4-12(16)13(17)6-11/h3-6,8,14,20H,7,18H2,1-2H3. The van der Waals surface area contributed by atoms with Crippen LogP contribution in [0.4, 0.5) is 4.39 Å². The van der Waals surface area contributed by atoms with Gasteiger partial charge in [0.15, 0.2) is 0 Å². The molecule has 1 unspecified atom stereocenters. The molecule has 0 bridgehead atoms. The molecule has 1 atom stereocenters. The van der Waals surface area contributed by atoms with Gasteiger partial charge in [0.1, 0.15) is 5.82 Å². The molecule has 5 heteroatoms. The van der Waals surface area contributed by atoms with E-state index in [-0.39, 0.29) is 11.1 Å². The molecule has 2 rings (SSSR count). The summed E-state index contributed by atoms with van der Waals surface area (Å²) in [5.41, 5.74) is 6.58. The lowest BCUT2D eigenvalue weighted by atomic mass is 10.00. The second-order valence-corrected chi connectivity index (χ2v) is 5.29. The second-order valence-electron chi connectivity index (χ2n) is 4.89. The summed E-state index contributed by atoms with van der Waals surface area (Å²) < 4.78 is 13.5. The van der Waals surface area contributed by atoms with Crippen LogP contribution in [0, 0.1) is 19.7 Å². The molecule has 0 saturated heterocycles. The third-order valence-corrected chi connectivity index (χ3v) is 3.52. The normalized spacial score (nSPS) is 12.4. The molecule has 0 aliphatic rings. The average Bonchev–Trinajstić information content (AvgIpc) is 2.41. The molecule has 106 valence electrons. The van der Waals surface area contributed by atoms with Gasteiger partial charge in [-0.2, -0.15) is 0 Å². The predicted octanol–water partition coefficient (Wildman–Crippen LogP) is 3.24. The Kier molecular flexibility index (Phi) is 4.70. The molecule has 0 aliphatic carbocycles. The van der Waals surface area contributed by atoms with Crippen LogP contribution in [0.3, 0.4) is 0 Å². The van der Waals surface area contributed by atoms with Crippen LogP contribution in [0.15, 0.2) is 30.5 Å². The molecule has 3 nitrogen and oxygen atoms in total. The number of halogens is 2. The van der Waals surface area contributed by atoms with Gasteiger partial charge in [-0.15, -0.1) is 0 Å². The first-order chi connectivity index (χ1) is 9.51. The number of rotatable bonds is 4. The van der Waals surface area contributed by atoms with Crippen molar-refractivity contribution in [3.8, 4) is 0 Å². The number of pyridine rings is 1. The van der Waals surface area contributed by atoms with Gasteiger partial charge in [0.05, 0.1) is 16.8 Å². The van der Waals surface area contributed by atoms with Gasteiger partial charge in [-0.3, -0.25) is 16.3 Å². The third kappa shape index (κ3) is 3.33. The second kappa shape index (κ2) is 6.31. The fraction of sp³-hybridized carbons (Fsp3) is 0.267. The summed E-state index contributed by atoms with van der Waals surface area (Å²) in [5.74, 6) is 5.20. The molecule has 0 fully saturated rings. The minimum Gasteiger partial charge on any atom is -0.271 e. The van der Waals surface area contributed by atoms with Crippen LogP contribution < -0.4 is 11.3 Å². The predicted molar refractivity (Wildman–Crippen MR) is 78.9 cm³/mol. The maximum atomic E-state index is 13.5. The summed E-state index contributed by atoms with van der Waals surface area (Å²) in [5, 5.41) is 0.121. The molecule has 3 N–H and O–H groups in total. The van der Waals surface area contributed by atoms with Gasteiger partial charge in [-0.05, 0) is 49.1 Å². The first-order valence-electron chi connectivity index (χ1n) is 6.34. The van der Waals surface area contributed by atoms with Crippen molar-refractivity contribution >= 4 is 11.6 Å². The number of nitrogens with one attached hydrogen (secondary N) is 1. The first-order valence-corrected chi connectivity index (χ1v) is 6.72. The zero-order chi connectivity index (χ0) is 14.7. The Hall–Kier alpha value is -1.49. The summed E-state index contributed by atoms with van der Waals surface area (Å²) in [7, 11) is 0. The van der Waals surface area contributed by atoms with Gasteiger partial charge in [0.2, 0.25) is 0 Å². The molecule has 1 heterocycles. The topological polar surface area (TPSA) is 50.9 Å². The lowest BCUT2D eigenvalue weighted by molar-refractivity contribution is 0.532.